The SMILES string of the molecule is C.C.C.C.C.C.C.C.C.C1CC2CC1C1CC3OC3C21.CC(=O)O.CCC(CC(CC(C)(C)C(=O)OC1CC2CC1C1C3CCC(C3)C21)C(=O)OC)C(=O)OC1C2CC3C(=O)OC1C3C2. The monoisotopic (exact) mass is 925 g/mol. The smallest absolute Gasteiger partial charge is 0.311 e. The molecule has 11 fully saturated rings. The van der Waals surface area contributed by atoms with Crippen molar-refractivity contribution < 1.29 is 52.8 Å². The Morgan fingerprint density at radius 3 is 1.83 bits per heavy atom. The number of carboxylic acids is 1. The van der Waals surface area contributed by atoms with Gasteiger partial charge in [0.1, 0.15) is 18.3 Å². The van der Waals surface area contributed by atoms with E-state index in [1.165, 1.54) is 45.6 Å². The van der Waals surface area contributed by atoms with Crippen LogP contribution in [-0.2, 0) is 47.7 Å². The first-order valence-corrected chi connectivity index (χ1v) is 22.3. The zero-order valence-electron chi connectivity index (χ0n) is 34.0. The van der Waals surface area contributed by atoms with E-state index in [4.69, 9.17) is 33.6 Å². The average Bonchev–Trinajstić information content (AvgIpc) is 3.98. The van der Waals surface area contributed by atoms with Gasteiger partial charge in [0, 0.05) is 18.8 Å². The van der Waals surface area contributed by atoms with Gasteiger partial charge in [-0.2, -0.15) is 0 Å². The summed E-state index contributed by atoms with van der Waals surface area (Å²) in [5.41, 5.74) is -0.894. The number of rotatable bonds is 10. The van der Waals surface area contributed by atoms with Crippen molar-refractivity contribution in [1.82, 2.24) is 0 Å². The molecular formula is C54H100O11. The summed E-state index contributed by atoms with van der Waals surface area (Å²) in [6, 6.07) is 0. The van der Waals surface area contributed by atoms with Crippen molar-refractivity contribution in [1.29, 1.82) is 0 Å². The summed E-state index contributed by atoms with van der Waals surface area (Å²) in [6.45, 7) is 6.68. The largest absolute Gasteiger partial charge is 0.481 e. The summed E-state index contributed by atoms with van der Waals surface area (Å²) in [6.07, 6.45) is 15.7. The maximum atomic E-state index is 13.6. The molecule has 382 valence electrons. The Morgan fingerprint density at radius 1 is 0.662 bits per heavy atom. The third-order valence-electron chi connectivity index (χ3n) is 17.5. The van der Waals surface area contributed by atoms with E-state index < -0.39 is 35.3 Å². The molecule has 1 N–H and O–H groups in total. The zero-order chi connectivity index (χ0) is 39.4. The summed E-state index contributed by atoms with van der Waals surface area (Å²) in [5.74, 6) is 5.97. The molecule has 0 aromatic heterocycles. The fourth-order valence-electron chi connectivity index (χ4n) is 15.4. The molecule has 0 aromatic carbocycles. The number of hydrogen-bond acceptors (Lipinski definition) is 10. The number of carboxylic acid groups (broad SMARTS) is 1. The molecule has 9 aliphatic carbocycles. The lowest BCUT2D eigenvalue weighted by Gasteiger charge is -2.39. The molecule has 11 aliphatic rings. The lowest BCUT2D eigenvalue weighted by molar-refractivity contribution is -0.168. The number of hydrogen-bond donors (Lipinski definition) is 1. The van der Waals surface area contributed by atoms with Gasteiger partial charge in [0.2, 0.25) is 0 Å². The van der Waals surface area contributed by atoms with E-state index in [2.05, 4.69) is 0 Å². The maximum Gasteiger partial charge on any atom is 0.311 e. The van der Waals surface area contributed by atoms with Crippen molar-refractivity contribution in [2.45, 2.75) is 215 Å². The van der Waals surface area contributed by atoms with Gasteiger partial charge >= 0.3 is 23.9 Å². The first-order valence-electron chi connectivity index (χ1n) is 22.3. The molecule has 20 atom stereocenters. The predicted octanol–water partition coefficient (Wildman–Crippen LogP) is 12.4. The van der Waals surface area contributed by atoms with Gasteiger partial charge in [0.05, 0.1) is 42.5 Å². The van der Waals surface area contributed by atoms with Crippen molar-refractivity contribution in [2.24, 2.45) is 94.2 Å². The Morgan fingerprint density at radius 2 is 1.23 bits per heavy atom. The van der Waals surface area contributed by atoms with Crippen LogP contribution in [-0.4, -0.2) is 72.6 Å². The summed E-state index contributed by atoms with van der Waals surface area (Å²) < 4.78 is 28.5. The van der Waals surface area contributed by atoms with Gasteiger partial charge < -0.3 is 28.8 Å². The van der Waals surface area contributed by atoms with E-state index in [0.29, 0.717) is 18.3 Å². The zero-order valence-corrected chi connectivity index (χ0v) is 34.0. The predicted molar refractivity (Wildman–Crippen MR) is 261 cm³/mol. The minimum atomic E-state index is -0.894. The Hall–Kier alpha value is -2.69. The van der Waals surface area contributed by atoms with E-state index in [1.807, 2.05) is 20.8 Å². The van der Waals surface area contributed by atoms with E-state index in [1.54, 1.807) is 12.8 Å². The third-order valence-corrected chi connectivity index (χ3v) is 17.5. The molecule has 2 saturated heterocycles. The molecule has 8 bridgehead atoms. The van der Waals surface area contributed by atoms with Crippen LogP contribution in [0.3, 0.4) is 0 Å². The van der Waals surface area contributed by atoms with Gasteiger partial charge in [-0.25, -0.2) is 0 Å². The van der Waals surface area contributed by atoms with E-state index in [-0.39, 0.29) is 128 Å². The van der Waals surface area contributed by atoms with E-state index in [9.17, 15) is 19.2 Å². The van der Waals surface area contributed by atoms with Crippen LogP contribution in [0.25, 0.3) is 0 Å². The number of epoxide rings is 1. The van der Waals surface area contributed by atoms with Gasteiger partial charge in [-0.1, -0.05) is 73.8 Å². The number of carbonyl (C=O) groups excluding carboxylic acids is 4. The van der Waals surface area contributed by atoms with Crippen LogP contribution in [0.1, 0.15) is 184 Å². The summed E-state index contributed by atoms with van der Waals surface area (Å²) in [4.78, 5) is 61.0. The summed E-state index contributed by atoms with van der Waals surface area (Å²) >= 11 is 0. The van der Waals surface area contributed by atoms with Crippen molar-refractivity contribution in [2.75, 3.05) is 7.11 Å². The highest BCUT2D eigenvalue weighted by atomic mass is 16.6. The lowest BCUT2D eigenvalue weighted by Crippen LogP contribution is -2.41. The molecule has 11 heteroatoms. The van der Waals surface area contributed by atoms with Crippen LogP contribution in [0.15, 0.2) is 0 Å². The van der Waals surface area contributed by atoms with Crippen molar-refractivity contribution in [3.05, 3.63) is 0 Å². The molecular weight excluding hydrogens is 825 g/mol. The van der Waals surface area contributed by atoms with Gasteiger partial charge in [-0.05, 0) is 163 Å². The molecule has 0 aromatic rings. The van der Waals surface area contributed by atoms with Gasteiger partial charge in [0.25, 0.3) is 5.97 Å². The van der Waals surface area contributed by atoms with Gasteiger partial charge in [-0.3, -0.25) is 24.0 Å². The summed E-state index contributed by atoms with van der Waals surface area (Å²) in [7, 11) is 1.35. The number of esters is 4. The normalized spacial score (nSPS) is 40.0. The molecule has 11 nitrogen and oxygen atoms in total. The van der Waals surface area contributed by atoms with Gasteiger partial charge in [0.15, 0.2) is 0 Å². The van der Waals surface area contributed by atoms with Crippen LogP contribution in [0, 0.1) is 94.2 Å². The maximum absolute atomic E-state index is 13.6. The number of methoxy groups -OCH3 is 1. The van der Waals surface area contributed by atoms with Crippen LogP contribution < -0.4 is 0 Å². The molecule has 20 unspecified atom stereocenters. The Kier molecular flexibility index (Phi) is 22.6. The standard InChI is InChI=1S/C33H46O8.C10H14O.C2H4O2.9CH4/c1-5-15(30(35)40-27-19-11-21-22(12-19)31(36)41-28(21)27)8-20(29(34)38-4)14-33(2,3)32(37)39-24-13-18-10-23(24)26-17-7-6-16(9-17)25(18)26;1-2-6-3-5(1)7-4-8-10(11-8)9(6)7;1-2(3)4;;;;;;;;;/h15-28H,5-14H2,1-4H3;5-10H,1-4H2;1H3,(H,3,4);9*1H4. The quantitative estimate of drug-likeness (QED) is 0.0963. The van der Waals surface area contributed by atoms with Crippen molar-refractivity contribution in [3.8, 4) is 0 Å². The molecule has 2 heterocycles. The minimum absolute atomic E-state index is 0. The molecule has 0 amide bonds. The number of carbonyl (C=O) groups is 5. The highest BCUT2D eigenvalue weighted by Gasteiger charge is 2.66. The fraction of sp³-hybridized carbons (Fsp3) is 0.907. The molecule has 0 spiro atoms. The molecule has 11 rings (SSSR count). The summed E-state index contributed by atoms with van der Waals surface area (Å²) in [5, 5.41) is 7.42. The first-order chi connectivity index (χ1) is 26.8. The number of fused-ring (bicyclic) bond motifs is 17. The van der Waals surface area contributed by atoms with Crippen LogP contribution in [0.5, 0.6) is 0 Å². The van der Waals surface area contributed by atoms with E-state index in [0.717, 1.165) is 85.7 Å². The average molecular weight is 925 g/mol. The third kappa shape index (κ3) is 11.0. The van der Waals surface area contributed by atoms with Gasteiger partial charge in [-0.15, -0.1) is 0 Å². The lowest BCUT2D eigenvalue weighted by atomic mass is 9.70. The molecule has 2 aliphatic heterocycles. The minimum Gasteiger partial charge on any atom is -0.481 e. The van der Waals surface area contributed by atoms with Crippen molar-refractivity contribution >= 4 is 29.8 Å². The molecule has 0 radical (unpaired) electrons. The Bertz CT molecular complexity index is 1590. The van der Waals surface area contributed by atoms with Crippen LogP contribution >= 0.6 is 0 Å². The topological polar surface area (TPSA) is 155 Å². The first kappa shape index (κ1) is 62.3. The Labute approximate surface area is 397 Å². The van der Waals surface area contributed by atoms with E-state index >= 15 is 0 Å². The second-order valence-corrected chi connectivity index (χ2v) is 20.7. The number of aliphatic carboxylic acids is 1. The highest BCUT2D eigenvalue weighted by molar-refractivity contribution is 5.80. The molecule has 65 heavy (non-hydrogen) atoms. The van der Waals surface area contributed by atoms with Crippen molar-refractivity contribution in [3.63, 3.8) is 0 Å². The second-order valence-electron chi connectivity index (χ2n) is 20.7. The molecule has 9 saturated carbocycles. The Balaban J connectivity index is 0.00000145. The second kappa shape index (κ2) is 23.6. The highest BCUT2D eigenvalue weighted by Crippen LogP contribution is 2.68. The van der Waals surface area contributed by atoms with Crippen LogP contribution in [0.4, 0.5) is 0 Å². The van der Waals surface area contributed by atoms with Crippen LogP contribution in [0.2, 0.25) is 0 Å². The number of ether oxygens (including phenoxy) is 5. The fourth-order valence-corrected chi connectivity index (χ4v) is 15.4.